The molecule has 0 radical (unpaired) electrons. The summed E-state index contributed by atoms with van der Waals surface area (Å²) in [5.74, 6) is -0.532. The molecule has 0 aliphatic rings. The average Bonchev–Trinajstić information content (AvgIpc) is 2.46. The van der Waals surface area contributed by atoms with Gasteiger partial charge < -0.3 is 16.3 Å². The van der Waals surface area contributed by atoms with E-state index in [0.29, 0.717) is 12.1 Å². The highest BCUT2D eigenvalue weighted by Crippen LogP contribution is 2.15. The van der Waals surface area contributed by atoms with Crippen LogP contribution >= 0.6 is 0 Å². The number of nitrogens with two attached hydrogens (primary N) is 1. The van der Waals surface area contributed by atoms with Gasteiger partial charge in [-0.3, -0.25) is 0 Å². The van der Waals surface area contributed by atoms with Crippen LogP contribution in [0, 0.1) is 12.7 Å². The summed E-state index contributed by atoms with van der Waals surface area (Å²) >= 11 is 0. The maximum absolute atomic E-state index is 13.2. The van der Waals surface area contributed by atoms with E-state index in [-0.39, 0.29) is 5.84 Å². The Kier molecular flexibility index (Phi) is 4.20. The Morgan fingerprint density at radius 3 is 2.60 bits per heavy atom. The van der Waals surface area contributed by atoms with Crippen LogP contribution in [0.4, 0.5) is 10.1 Å². The SMILES string of the molecule is Cc1ccc(NCc2ccc(F)cc2C(N)=NO)cc1. The predicted octanol–water partition coefficient (Wildman–Crippen LogP) is 2.84. The van der Waals surface area contributed by atoms with Crippen LogP contribution in [0.15, 0.2) is 47.6 Å². The van der Waals surface area contributed by atoms with E-state index in [4.69, 9.17) is 10.9 Å². The van der Waals surface area contributed by atoms with Crippen molar-refractivity contribution in [2.75, 3.05) is 5.32 Å². The highest BCUT2D eigenvalue weighted by atomic mass is 19.1. The number of hydrogen-bond acceptors (Lipinski definition) is 3. The van der Waals surface area contributed by atoms with Gasteiger partial charge in [-0.15, -0.1) is 0 Å². The molecule has 0 spiro atoms. The van der Waals surface area contributed by atoms with Gasteiger partial charge in [0.1, 0.15) is 5.82 Å². The van der Waals surface area contributed by atoms with Crippen LogP contribution in [0.2, 0.25) is 0 Å². The normalized spacial score (nSPS) is 11.4. The highest BCUT2D eigenvalue weighted by molar-refractivity contribution is 5.98. The van der Waals surface area contributed by atoms with Gasteiger partial charge in [-0.1, -0.05) is 28.9 Å². The van der Waals surface area contributed by atoms with E-state index in [0.717, 1.165) is 11.3 Å². The number of halogens is 1. The summed E-state index contributed by atoms with van der Waals surface area (Å²) in [5, 5.41) is 14.9. The molecule has 0 aliphatic heterocycles. The first-order chi connectivity index (χ1) is 9.60. The Bertz CT molecular complexity index is 624. The van der Waals surface area contributed by atoms with Gasteiger partial charge in [0.2, 0.25) is 0 Å². The van der Waals surface area contributed by atoms with Crippen molar-refractivity contribution in [2.45, 2.75) is 13.5 Å². The molecule has 20 heavy (non-hydrogen) atoms. The van der Waals surface area contributed by atoms with Gasteiger partial charge in [0.05, 0.1) is 0 Å². The Morgan fingerprint density at radius 2 is 1.95 bits per heavy atom. The van der Waals surface area contributed by atoms with Crippen molar-refractivity contribution >= 4 is 11.5 Å². The molecule has 2 aromatic carbocycles. The minimum Gasteiger partial charge on any atom is -0.409 e. The van der Waals surface area contributed by atoms with Crippen LogP contribution in [-0.4, -0.2) is 11.0 Å². The third-order valence-electron chi connectivity index (χ3n) is 2.99. The molecule has 0 bridgehead atoms. The molecule has 0 aromatic heterocycles. The summed E-state index contributed by atoms with van der Waals surface area (Å²) in [6.45, 7) is 2.47. The fraction of sp³-hybridized carbons (Fsp3) is 0.133. The Hall–Kier alpha value is -2.56. The minimum atomic E-state index is -0.425. The van der Waals surface area contributed by atoms with Crippen LogP contribution in [0.3, 0.4) is 0 Å². The quantitative estimate of drug-likeness (QED) is 0.347. The molecule has 0 amide bonds. The maximum atomic E-state index is 13.2. The Balaban J connectivity index is 2.19. The fourth-order valence-electron chi connectivity index (χ4n) is 1.86. The van der Waals surface area contributed by atoms with Gasteiger partial charge in [0, 0.05) is 17.8 Å². The van der Waals surface area contributed by atoms with E-state index in [1.54, 1.807) is 6.07 Å². The monoisotopic (exact) mass is 273 g/mol. The zero-order valence-corrected chi connectivity index (χ0v) is 11.1. The molecule has 0 unspecified atom stereocenters. The number of hydrogen-bond donors (Lipinski definition) is 3. The van der Waals surface area contributed by atoms with Crippen molar-refractivity contribution in [1.82, 2.24) is 0 Å². The van der Waals surface area contributed by atoms with Gasteiger partial charge in [0.15, 0.2) is 5.84 Å². The zero-order chi connectivity index (χ0) is 14.5. The van der Waals surface area contributed by atoms with Crippen molar-refractivity contribution < 1.29 is 9.60 Å². The number of rotatable bonds is 4. The van der Waals surface area contributed by atoms with E-state index < -0.39 is 5.82 Å². The largest absolute Gasteiger partial charge is 0.409 e. The van der Waals surface area contributed by atoms with Gasteiger partial charge >= 0.3 is 0 Å². The third-order valence-corrected chi connectivity index (χ3v) is 2.99. The van der Waals surface area contributed by atoms with Crippen molar-refractivity contribution in [3.8, 4) is 0 Å². The summed E-state index contributed by atoms with van der Waals surface area (Å²) in [6, 6.07) is 12.1. The fourth-order valence-corrected chi connectivity index (χ4v) is 1.86. The van der Waals surface area contributed by atoms with Crippen LogP contribution in [-0.2, 0) is 6.54 Å². The standard InChI is InChI=1S/C15H16FN3O/c1-10-2-6-13(7-3-10)18-9-11-4-5-12(16)8-14(11)15(17)19-20/h2-8,18,20H,9H2,1H3,(H2,17,19). The van der Waals surface area contributed by atoms with Crippen LogP contribution in [0.5, 0.6) is 0 Å². The molecule has 0 heterocycles. The molecule has 0 saturated heterocycles. The van der Waals surface area contributed by atoms with Crippen LogP contribution in [0.1, 0.15) is 16.7 Å². The Morgan fingerprint density at radius 1 is 1.25 bits per heavy atom. The van der Waals surface area contributed by atoms with Gasteiger partial charge in [-0.25, -0.2) is 4.39 Å². The van der Waals surface area contributed by atoms with E-state index >= 15 is 0 Å². The number of nitrogens with one attached hydrogen (secondary N) is 1. The third kappa shape index (κ3) is 3.26. The first-order valence-corrected chi connectivity index (χ1v) is 6.17. The second-order valence-electron chi connectivity index (χ2n) is 4.51. The lowest BCUT2D eigenvalue weighted by Gasteiger charge is -2.11. The number of anilines is 1. The second-order valence-corrected chi connectivity index (χ2v) is 4.51. The topological polar surface area (TPSA) is 70.6 Å². The lowest BCUT2D eigenvalue weighted by molar-refractivity contribution is 0.318. The van der Waals surface area contributed by atoms with E-state index in [1.165, 1.54) is 17.7 Å². The average molecular weight is 273 g/mol. The zero-order valence-electron chi connectivity index (χ0n) is 11.1. The van der Waals surface area contributed by atoms with Crippen molar-refractivity contribution in [1.29, 1.82) is 0 Å². The predicted molar refractivity (Wildman–Crippen MR) is 77.4 cm³/mol. The van der Waals surface area contributed by atoms with Crippen molar-refractivity contribution in [3.05, 3.63) is 65.0 Å². The molecular formula is C15H16FN3O. The highest BCUT2D eigenvalue weighted by Gasteiger charge is 2.08. The van der Waals surface area contributed by atoms with Gasteiger partial charge in [0.25, 0.3) is 0 Å². The summed E-state index contributed by atoms with van der Waals surface area (Å²) in [5.41, 5.74) is 8.82. The molecule has 4 nitrogen and oxygen atoms in total. The summed E-state index contributed by atoms with van der Waals surface area (Å²) in [4.78, 5) is 0. The molecule has 0 saturated carbocycles. The molecule has 104 valence electrons. The van der Waals surface area contributed by atoms with Gasteiger partial charge in [-0.05, 0) is 36.8 Å². The number of oxime groups is 1. The summed E-state index contributed by atoms with van der Waals surface area (Å²) in [6.07, 6.45) is 0. The van der Waals surface area contributed by atoms with E-state index in [2.05, 4.69) is 10.5 Å². The molecule has 0 fully saturated rings. The second kappa shape index (κ2) is 6.06. The molecule has 5 heteroatoms. The lowest BCUT2D eigenvalue weighted by atomic mass is 10.1. The minimum absolute atomic E-state index is 0.106. The van der Waals surface area contributed by atoms with Crippen LogP contribution in [0.25, 0.3) is 0 Å². The molecule has 0 atom stereocenters. The van der Waals surface area contributed by atoms with Crippen molar-refractivity contribution in [3.63, 3.8) is 0 Å². The first kappa shape index (κ1) is 13.9. The van der Waals surface area contributed by atoms with Crippen molar-refractivity contribution in [2.24, 2.45) is 10.9 Å². The van der Waals surface area contributed by atoms with E-state index in [9.17, 15) is 4.39 Å². The smallest absolute Gasteiger partial charge is 0.170 e. The molecule has 4 N–H and O–H groups in total. The Labute approximate surface area is 116 Å². The molecule has 0 aliphatic carbocycles. The molecular weight excluding hydrogens is 257 g/mol. The molecule has 2 rings (SSSR count). The molecule has 2 aromatic rings. The van der Waals surface area contributed by atoms with Crippen LogP contribution < -0.4 is 11.1 Å². The maximum Gasteiger partial charge on any atom is 0.170 e. The van der Waals surface area contributed by atoms with E-state index in [1.807, 2.05) is 31.2 Å². The summed E-state index contributed by atoms with van der Waals surface area (Å²) in [7, 11) is 0. The van der Waals surface area contributed by atoms with Gasteiger partial charge in [-0.2, -0.15) is 0 Å². The summed E-state index contributed by atoms with van der Waals surface area (Å²) < 4.78 is 13.2. The lowest BCUT2D eigenvalue weighted by Crippen LogP contribution is -2.17. The first-order valence-electron chi connectivity index (χ1n) is 6.17. The number of benzene rings is 2. The number of amidine groups is 1. The number of aryl methyl sites for hydroxylation is 1. The number of nitrogens with zero attached hydrogens (tertiary/aromatic N) is 1.